The van der Waals surface area contributed by atoms with Crippen molar-refractivity contribution in [2.45, 2.75) is 70.3 Å². The maximum Gasteiger partial charge on any atom is 0.177 e. The van der Waals surface area contributed by atoms with Gasteiger partial charge in [0, 0.05) is 22.8 Å². The molecule has 4 saturated carbocycles. The molecule has 4 aliphatic carbocycles. The molecule has 0 atom stereocenters. The molecule has 4 bridgehead atoms. The van der Waals surface area contributed by atoms with E-state index in [9.17, 15) is 0 Å². The van der Waals surface area contributed by atoms with E-state index in [-0.39, 0.29) is 5.41 Å². The molecule has 4 fully saturated rings. The van der Waals surface area contributed by atoms with Gasteiger partial charge in [-0.3, -0.25) is 0 Å². The minimum atomic E-state index is 0.164. The Labute approximate surface area is 127 Å². The Morgan fingerprint density at radius 3 is 2.05 bits per heavy atom. The number of aromatic nitrogens is 2. The van der Waals surface area contributed by atoms with Crippen LogP contribution >= 0.6 is 12.2 Å². The van der Waals surface area contributed by atoms with E-state index in [1.807, 2.05) is 0 Å². The fourth-order valence-electron chi connectivity index (χ4n) is 5.73. The normalized spacial score (nSPS) is 39.5. The summed E-state index contributed by atoms with van der Waals surface area (Å²) < 4.78 is 3.50. The Hall–Kier alpha value is -0.570. The number of nitrogens with zero attached hydrogens (tertiary/aromatic N) is 1. The van der Waals surface area contributed by atoms with Crippen molar-refractivity contribution in [2.24, 2.45) is 17.8 Å². The monoisotopic (exact) mass is 290 g/mol. The van der Waals surface area contributed by atoms with E-state index in [2.05, 4.69) is 36.5 Å². The van der Waals surface area contributed by atoms with E-state index < -0.39 is 0 Å². The van der Waals surface area contributed by atoms with Gasteiger partial charge in [-0.15, -0.1) is 0 Å². The number of rotatable bonds is 1. The van der Waals surface area contributed by atoms with Gasteiger partial charge >= 0.3 is 0 Å². The van der Waals surface area contributed by atoms with Crippen LogP contribution in [0.25, 0.3) is 0 Å². The van der Waals surface area contributed by atoms with Gasteiger partial charge in [0.1, 0.15) is 0 Å². The van der Waals surface area contributed by atoms with Crippen LogP contribution < -0.4 is 0 Å². The zero-order valence-corrected chi connectivity index (χ0v) is 13.7. The third-order valence-electron chi connectivity index (χ3n) is 6.03. The van der Waals surface area contributed by atoms with Crippen molar-refractivity contribution in [1.82, 2.24) is 9.55 Å². The van der Waals surface area contributed by atoms with Gasteiger partial charge in [-0.05, 0) is 68.5 Å². The number of hydrogen-bond acceptors (Lipinski definition) is 1. The average Bonchev–Trinajstić information content (AvgIpc) is 2.69. The lowest BCUT2D eigenvalue weighted by Gasteiger charge is -2.57. The number of hydrogen-bond donors (Lipinski definition) is 1. The first-order chi connectivity index (χ1) is 9.37. The molecule has 20 heavy (non-hydrogen) atoms. The smallest absolute Gasteiger partial charge is 0.177 e. The molecule has 0 saturated heterocycles. The third-order valence-corrected chi connectivity index (χ3v) is 6.33. The molecule has 110 valence electrons. The van der Waals surface area contributed by atoms with Crippen molar-refractivity contribution < 1.29 is 0 Å². The summed E-state index contributed by atoms with van der Waals surface area (Å²) in [6, 6.07) is 0. The highest BCUT2D eigenvalue weighted by Crippen LogP contribution is 2.59. The van der Waals surface area contributed by atoms with E-state index in [0.717, 1.165) is 22.5 Å². The molecule has 1 aromatic rings. The Kier molecular flexibility index (Phi) is 2.62. The van der Waals surface area contributed by atoms with E-state index in [4.69, 9.17) is 12.2 Å². The highest BCUT2D eigenvalue weighted by Gasteiger charge is 2.53. The van der Waals surface area contributed by atoms with Crippen molar-refractivity contribution in [3.63, 3.8) is 0 Å². The predicted molar refractivity (Wildman–Crippen MR) is 84.5 cm³/mol. The van der Waals surface area contributed by atoms with Crippen LogP contribution in [0.5, 0.6) is 0 Å². The van der Waals surface area contributed by atoms with Crippen molar-refractivity contribution >= 4 is 12.2 Å². The maximum atomic E-state index is 5.68. The van der Waals surface area contributed by atoms with Gasteiger partial charge in [-0.2, -0.15) is 0 Å². The van der Waals surface area contributed by atoms with E-state index in [1.54, 1.807) is 0 Å². The molecule has 5 rings (SSSR count). The minimum absolute atomic E-state index is 0.164. The van der Waals surface area contributed by atoms with Crippen LogP contribution in [-0.2, 0) is 11.0 Å². The topological polar surface area (TPSA) is 20.7 Å². The number of H-pyrrole nitrogens is 1. The lowest BCUT2D eigenvalue weighted by Crippen LogP contribution is -2.52. The first-order valence-electron chi connectivity index (χ1n) is 8.19. The maximum absolute atomic E-state index is 5.68. The predicted octanol–water partition coefficient (Wildman–Crippen LogP) is 4.77. The number of nitrogens with one attached hydrogen (secondary N) is 1. The third kappa shape index (κ3) is 1.78. The number of aromatic amines is 1. The van der Waals surface area contributed by atoms with Gasteiger partial charge in [0.05, 0.1) is 0 Å². The fourth-order valence-corrected chi connectivity index (χ4v) is 6.08. The van der Waals surface area contributed by atoms with Gasteiger partial charge in [-0.1, -0.05) is 20.8 Å². The fraction of sp³-hybridized carbons (Fsp3) is 0.824. The van der Waals surface area contributed by atoms with Crippen LogP contribution in [0.2, 0.25) is 0 Å². The van der Waals surface area contributed by atoms with Crippen molar-refractivity contribution in [1.29, 1.82) is 0 Å². The average molecular weight is 290 g/mol. The van der Waals surface area contributed by atoms with E-state index in [1.165, 1.54) is 44.2 Å². The van der Waals surface area contributed by atoms with E-state index >= 15 is 0 Å². The summed E-state index contributed by atoms with van der Waals surface area (Å²) in [7, 11) is 0. The van der Waals surface area contributed by atoms with Crippen LogP contribution in [0.4, 0.5) is 0 Å². The van der Waals surface area contributed by atoms with Gasteiger partial charge < -0.3 is 9.55 Å². The van der Waals surface area contributed by atoms with Crippen molar-refractivity contribution in [2.75, 3.05) is 0 Å². The largest absolute Gasteiger partial charge is 0.337 e. The highest BCUT2D eigenvalue weighted by molar-refractivity contribution is 7.71. The Morgan fingerprint density at radius 1 is 1.10 bits per heavy atom. The summed E-state index contributed by atoms with van der Waals surface area (Å²) in [6.45, 7) is 6.92. The van der Waals surface area contributed by atoms with Crippen molar-refractivity contribution in [3.8, 4) is 0 Å². The number of imidazole rings is 1. The molecule has 1 aromatic heterocycles. The lowest BCUT2D eigenvalue weighted by atomic mass is 9.52. The quantitative estimate of drug-likeness (QED) is 0.739. The Morgan fingerprint density at radius 2 is 1.60 bits per heavy atom. The summed E-state index contributed by atoms with van der Waals surface area (Å²) in [5.74, 6) is 2.89. The van der Waals surface area contributed by atoms with Gasteiger partial charge in [0.15, 0.2) is 4.77 Å². The van der Waals surface area contributed by atoms with Crippen LogP contribution in [0.15, 0.2) is 6.20 Å². The van der Waals surface area contributed by atoms with Gasteiger partial charge in [-0.25, -0.2) is 0 Å². The van der Waals surface area contributed by atoms with Crippen LogP contribution in [0, 0.1) is 22.5 Å². The van der Waals surface area contributed by atoms with E-state index in [0.29, 0.717) is 5.54 Å². The summed E-state index contributed by atoms with van der Waals surface area (Å²) in [6.07, 6.45) is 10.7. The zero-order valence-electron chi connectivity index (χ0n) is 12.9. The van der Waals surface area contributed by atoms with Gasteiger partial charge in [0.25, 0.3) is 0 Å². The lowest BCUT2D eigenvalue weighted by molar-refractivity contribution is -0.0460. The zero-order chi connectivity index (χ0) is 14.1. The van der Waals surface area contributed by atoms with Crippen molar-refractivity contribution in [3.05, 3.63) is 16.7 Å². The molecule has 2 nitrogen and oxygen atoms in total. The second-order valence-electron chi connectivity index (χ2n) is 8.71. The SMILES string of the molecule is CC(C)(C)c1c[nH]c(=S)n1C12CC3CC(CC(C3)C1)C2. The molecular weight excluding hydrogens is 264 g/mol. The molecular formula is C17H26N2S. The molecule has 0 spiro atoms. The summed E-state index contributed by atoms with van der Waals surface area (Å²) in [4.78, 5) is 3.35. The van der Waals surface area contributed by atoms with Gasteiger partial charge in [0.2, 0.25) is 0 Å². The Bertz CT molecular complexity index is 552. The molecule has 0 unspecified atom stereocenters. The van der Waals surface area contributed by atoms with Crippen LogP contribution in [-0.4, -0.2) is 9.55 Å². The molecule has 0 aliphatic heterocycles. The second-order valence-corrected chi connectivity index (χ2v) is 9.09. The molecule has 4 aliphatic rings. The standard InChI is InChI=1S/C17H26N2S/c1-16(2,3)14-10-18-15(20)19(14)17-7-11-4-12(8-17)6-13(5-11)9-17/h10-13H,4-9H2,1-3H3,(H,18,20). The molecule has 0 amide bonds. The van der Waals surface area contributed by atoms with Crippen LogP contribution in [0.3, 0.4) is 0 Å². The molecule has 1 N–H and O–H groups in total. The summed E-state index contributed by atoms with van der Waals surface area (Å²) >= 11 is 5.68. The molecule has 0 aromatic carbocycles. The summed E-state index contributed by atoms with van der Waals surface area (Å²) in [5.41, 5.74) is 1.91. The summed E-state index contributed by atoms with van der Waals surface area (Å²) in [5, 5.41) is 0. The first-order valence-corrected chi connectivity index (χ1v) is 8.60. The highest BCUT2D eigenvalue weighted by atomic mass is 32.1. The second kappa shape index (κ2) is 4.00. The van der Waals surface area contributed by atoms with Crippen LogP contribution in [0.1, 0.15) is 65.0 Å². The minimum Gasteiger partial charge on any atom is -0.337 e. The first kappa shape index (κ1) is 13.1. The molecule has 3 heteroatoms. The molecule has 0 radical (unpaired) electrons. The Balaban J connectivity index is 1.85. The molecule has 1 heterocycles.